The molecular formula is C13H24N2O4S. The lowest BCUT2D eigenvalue weighted by Gasteiger charge is -2.29. The molecule has 1 saturated heterocycles. The van der Waals surface area contributed by atoms with Crippen LogP contribution in [0.4, 0.5) is 0 Å². The van der Waals surface area contributed by atoms with Crippen molar-refractivity contribution in [2.24, 2.45) is 17.8 Å². The van der Waals surface area contributed by atoms with E-state index >= 15 is 0 Å². The summed E-state index contributed by atoms with van der Waals surface area (Å²) in [7, 11) is -3.45. The van der Waals surface area contributed by atoms with Crippen molar-refractivity contribution in [2.75, 3.05) is 19.6 Å². The van der Waals surface area contributed by atoms with Gasteiger partial charge in [0.1, 0.15) is 0 Å². The summed E-state index contributed by atoms with van der Waals surface area (Å²) < 4.78 is 28.4. The van der Waals surface area contributed by atoms with Gasteiger partial charge in [-0.1, -0.05) is 13.3 Å². The molecule has 7 heteroatoms. The number of hydrogen-bond donors (Lipinski definition) is 2. The van der Waals surface area contributed by atoms with Crippen LogP contribution in [0.5, 0.6) is 0 Å². The number of piperidine rings is 1. The van der Waals surface area contributed by atoms with Gasteiger partial charge in [0.15, 0.2) is 0 Å². The zero-order valence-electron chi connectivity index (χ0n) is 11.9. The highest BCUT2D eigenvalue weighted by Crippen LogP contribution is 2.30. The largest absolute Gasteiger partial charge is 0.481 e. The van der Waals surface area contributed by atoms with Crippen molar-refractivity contribution in [3.63, 3.8) is 0 Å². The number of carbonyl (C=O) groups is 1. The molecule has 2 rings (SSSR count). The van der Waals surface area contributed by atoms with Crippen molar-refractivity contribution >= 4 is 16.2 Å². The smallest absolute Gasteiger partial charge is 0.306 e. The normalized spacial score (nSPS) is 29.6. The molecule has 0 aromatic carbocycles. The van der Waals surface area contributed by atoms with Crippen molar-refractivity contribution in [1.82, 2.24) is 9.03 Å². The second-order valence-corrected chi connectivity index (χ2v) is 7.90. The van der Waals surface area contributed by atoms with Crippen LogP contribution in [0.15, 0.2) is 0 Å². The number of hydrogen-bond acceptors (Lipinski definition) is 3. The molecule has 0 aromatic rings. The van der Waals surface area contributed by atoms with E-state index < -0.39 is 22.1 Å². The van der Waals surface area contributed by atoms with Crippen molar-refractivity contribution in [3.8, 4) is 0 Å². The van der Waals surface area contributed by atoms with Gasteiger partial charge in [-0.3, -0.25) is 4.79 Å². The first-order valence-electron chi connectivity index (χ1n) is 7.36. The maximum Gasteiger partial charge on any atom is 0.306 e. The van der Waals surface area contributed by atoms with Crippen LogP contribution in [0.25, 0.3) is 0 Å². The van der Waals surface area contributed by atoms with Gasteiger partial charge in [0, 0.05) is 19.6 Å². The van der Waals surface area contributed by atoms with Gasteiger partial charge in [0.2, 0.25) is 0 Å². The van der Waals surface area contributed by atoms with E-state index in [0.717, 1.165) is 12.8 Å². The quantitative estimate of drug-likeness (QED) is 0.795. The molecule has 0 bridgehead atoms. The summed E-state index contributed by atoms with van der Waals surface area (Å²) in [5.74, 6) is -0.0979. The lowest BCUT2D eigenvalue weighted by atomic mass is 9.99. The van der Waals surface area contributed by atoms with Crippen LogP contribution in [0.2, 0.25) is 0 Å². The summed E-state index contributed by atoms with van der Waals surface area (Å²) in [5.41, 5.74) is 0. The Morgan fingerprint density at radius 1 is 1.25 bits per heavy atom. The van der Waals surface area contributed by atoms with Crippen LogP contribution in [0.3, 0.4) is 0 Å². The third kappa shape index (κ3) is 3.93. The minimum Gasteiger partial charge on any atom is -0.481 e. The van der Waals surface area contributed by atoms with Crippen molar-refractivity contribution < 1.29 is 18.3 Å². The van der Waals surface area contributed by atoms with Crippen molar-refractivity contribution in [3.05, 3.63) is 0 Å². The van der Waals surface area contributed by atoms with Gasteiger partial charge in [-0.2, -0.15) is 12.7 Å². The zero-order valence-corrected chi connectivity index (χ0v) is 12.7. The van der Waals surface area contributed by atoms with Gasteiger partial charge in [0.05, 0.1) is 5.92 Å². The first-order chi connectivity index (χ1) is 9.38. The molecule has 2 atom stereocenters. The standard InChI is InChI=1S/C13H24N2O4S/c1-10-2-3-11(8-10)9-14-20(18,19)15-6-4-12(5-7-15)13(16)17/h10-12,14H,2-9H2,1H3,(H,16,17). The molecule has 2 fully saturated rings. The van der Waals surface area contributed by atoms with Gasteiger partial charge in [-0.25, -0.2) is 4.72 Å². The van der Waals surface area contributed by atoms with Crippen molar-refractivity contribution in [2.45, 2.75) is 39.0 Å². The Labute approximate surface area is 120 Å². The van der Waals surface area contributed by atoms with E-state index in [9.17, 15) is 13.2 Å². The molecular weight excluding hydrogens is 280 g/mol. The van der Waals surface area contributed by atoms with Gasteiger partial charge in [-0.05, 0) is 37.5 Å². The fourth-order valence-electron chi connectivity index (χ4n) is 3.17. The number of nitrogens with zero attached hydrogens (tertiary/aromatic N) is 1. The number of nitrogens with one attached hydrogen (secondary N) is 1. The second-order valence-electron chi connectivity index (χ2n) is 6.15. The topological polar surface area (TPSA) is 86.7 Å². The van der Waals surface area contributed by atoms with Crippen molar-refractivity contribution in [1.29, 1.82) is 0 Å². The summed E-state index contributed by atoms with van der Waals surface area (Å²) in [6.45, 7) is 3.30. The Bertz CT molecular complexity index is 443. The predicted molar refractivity (Wildman–Crippen MR) is 75.4 cm³/mol. The molecule has 1 saturated carbocycles. The third-order valence-corrected chi connectivity index (χ3v) is 6.08. The Kier molecular flexibility index (Phi) is 5.04. The minimum absolute atomic E-state index is 0.299. The summed E-state index contributed by atoms with van der Waals surface area (Å²) in [4.78, 5) is 10.9. The molecule has 1 heterocycles. The average Bonchev–Trinajstić information content (AvgIpc) is 2.82. The Hall–Kier alpha value is -0.660. The van der Waals surface area contributed by atoms with Gasteiger partial charge < -0.3 is 5.11 Å². The monoisotopic (exact) mass is 304 g/mol. The molecule has 2 N–H and O–H groups in total. The molecule has 2 unspecified atom stereocenters. The highest BCUT2D eigenvalue weighted by molar-refractivity contribution is 7.87. The highest BCUT2D eigenvalue weighted by Gasteiger charge is 2.31. The lowest BCUT2D eigenvalue weighted by Crippen LogP contribution is -2.46. The predicted octanol–water partition coefficient (Wildman–Crippen LogP) is 1.05. The molecule has 1 aliphatic heterocycles. The number of carboxylic acids is 1. The van der Waals surface area contributed by atoms with E-state index in [4.69, 9.17) is 5.11 Å². The van der Waals surface area contributed by atoms with E-state index in [0.29, 0.717) is 44.3 Å². The van der Waals surface area contributed by atoms with E-state index in [2.05, 4.69) is 11.6 Å². The zero-order chi connectivity index (χ0) is 14.8. The maximum atomic E-state index is 12.2. The molecule has 0 spiro atoms. The lowest BCUT2D eigenvalue weighted by molar-refractivity contribution is -0.142. The summed E-state index contributed by atoms with van der Waals surface area (Å²) >= 11 is 0. The second kappa shape index (κ2) is 6.41. The van der Waals surface area contributed by atoms with Crippen LogP contribution in [-0.4, -0.2) is 43.4 Å². The van der Waals surface area contributed by atoms with E-state index in [1.807, 2.05) is 0 Å². The number of carboxylic acid groups (broad SMARTS) is 1. The highest BCUT2D eigenvalue weighted by atomic mass is 32.2. The SMILES string of the molecule is CC1CCC(CNS(=O)(=O)N2CCC(C(=O)O)CC2)C1. The molecule has 20 heavy (non-hydrogen) atoms. The summed E-state index contributed by atoms with van der Waals surface area (Å²) in [6, 6.07) is 0. The van der Waals surface area contributed by atoms with E-state index in [1.165, 1.54) is 10.7 Å². The van der Waals surface area contributed by atoms with Crippen LogP contribution in [0, 0.1) is 17.8 Å². The fourth-order valence-corrected chi connectivity index (χ4v) is 4.49. The molecule has 0 amide bonds. The fraction of sp³-hybridized carbons (Fsp3) is 0.923. The Balaban J connectivity index is 1.80. The van der Waals surface area contributed by atoms with Crippen LogP contribution in [-0.2, 0) is 15.0 Å². The number of rotatable bonds is 5. The summed E-state index contributed by atoms with van der Waals surface area (Å²) in [6.07, 6.45) is 4.15. The van der Waals surface area contributed by atoms with Crippen LogP contribution < -0.4 is 4.72 Å². The Morgan fingerprint density at radius 2 is 1.90 bits per heavy atom. The average molecular weight is 304 g/mol. The third-order valence-electron chi connectivity index (χ3n) is 4.50. The maximum absolute atomic E-state index is 12.2. The molecule has 1 aliphatic carbocycles. The molecule has 0 aromatic heterocycles. The Morgan fingerprint density at radius 3 is 2.40 bits per heavy atom. The number of aliphatic carboxylic acids is 1. The van der Waals surface area contributed by atoms with Crippen LogP contribution in [0.1, 0.15) is 39.0 Å². The minimum atomic E-state index is -3.45. The van der Waals surface area contributed by atoms with Gasteiger partial charge in [-0.15, -0.1) is 0 Å². The first-order valence-corrected chi connectivity index (χ1v) is 8.80. The van der Waals surface area contributed by atoms with Crippen LogP contribution >= 0.6 is 0 Å². The molecule has 6 nitrogen and oxygen atoms in total. The summed E-state index contributed by atoms with van der Waals surface area (Å²) in [5, 5.41) is 8.92. The molecule has 116 valence electrons. The van der Waals surface area contributed by atoms with Gasteiger partial charge >= 0.3 is 5.97 Å². The molecule has 0 radical (unpaired) electrons. The van der Waals surface area contributed by atoms with E-state index in [1.54, 1.807) is 0 Å². The van der Waals surface area contributed by atoms with E-state index in [-0.39, 0.29) is 0 Å². The van der Waals surface area contributed by atoms with Gasteiger partial charge in [0.25, 0.3) is 10.2 Å². The first kappa shape index (κ1) is 15.7. The molecule has 2 aliphatic rings.